The number of amides is 1. The molecule has 3 aromatic heterocycles. The monoisotopic (exact) mass is 451 g/mol. The molecule has 1 aromatic carbocycles. The third-order valence-corrected chi connectivity index (χ3v) is 6.83. The summed E-state index contributed by atoms with van der Waals surface area (Å²) in [6, 6.07) is 5.34. The summed E-state index contributed by atoms with van der Waals surface area (Å²) in [5.41, 5.74) is 3.84. The fourth-order valence-electron chi connectivity index (χ4n) is 5.40. The molecule has 0 aliphatic carbocycles. The van der Waals surface area contributed by atoms with Gasteiger partial charge in [-0.1, -0.05) is 0 Å². The summed E-state index contributed by atoms with van der Waals surface area (Å²) >= 11 is 0. The van der Waals surface area contributed by atoms with E-state index >= 15 is 0 Å². The number of benzene rings is 1. The summed E-state index contributed by atoms with van der Waals surface area (Å²) in [4.78, 5) is 19.6. The molecule has 2 aliphatic heterocycles. The number of hydrogen-bond donors (Lipinski definition) is 0. The molecule has 2 atom stereocenters. The van der Waals surface area contributed by atoms with Gasteiger partial charge >= 0.3 is 0 Å². The topological polar surface area (TPSA) is 55.4 Å². The molecule has 1 saturated heterocycles. The highest BCUT2D eigenvalue weighted by Gasteiger charge is 2.43. The largest absolute Gasteiger partial charge is 0.327 e. The number of carbonyl (C=O) groups is 1. The molecule has 6 rings (SSSR count). The van der Waals surface area contributed by atoms with E-state index in [0.29, 0.717) is 17.7 Å². The molecule has 0 N–H and O–H groups in total. The van der Waals surface area contributed by atoms with E-state index in [4.69, 9.17) is 0 Å². The van der Waals surface area contributed by atoms with Crippen molar-refractivity contribution in [1.82, 2.24) is 24.1 Å². The van der Waals surface area contributed by atoms with E-state index in [2.05, 4.69) is 10.1 Å². The van der Waals surface area contributed by atoms with Gasteiger partial charge in [-0.25, -0.2) is 18.2 Å². The van der Waals surface area contributed by atoms with Gasteiger partial charge in [-0.2, -0.15) is 5.10 Å². The first-order valence-corrected chi connectivity index (χ1v) is 10.9. The Morgan fingerprint density at radius 3 is 2.70 bits per heavy atom. The molecule has 1 unspecified atom stereocenters. The molecular formula is C24H20F3N5O. The number of halogens is 3. The average molecular weight is 451 g/mol. The third-order valence-electron chi connectivity index (χ3n) is 6.83. The van der Waals surface area contributed by atoms with E-state index in [9.17, 15) is 18.0 Å². The van der Waals surface area contributed by atoms with Crippen molar-refractivity contribution in [3.8, 4) is 11.3 Å². The summed E-state index contributed by atoms with van der Waals surface area (Å²) in [7, 11) is 1.70. The highest BCUT2D eigenvalue weighted by atomic mass is 19.2. The molecule has 5 heterocycles. The molecule has 168 valence electrons. The summed E-state index contributed by atoms with van der Waals surface area (Å²) in [5, 5.41) is 4.67. The maximum Gasteiger partial charge on any atom is 0.254 e. The highest BCUT2D eigenvalue weighted by Crippen LogP contribution is 2.45. The van der Waals surface area contributed by atoms with E-state index in [0.717, 1.165) is 48.2 Å². The lowest BCUT2D eigenvalue weighted by Crippen LogP contribution is -2.49. The van der Waals surface area contributed by atoms with Gasteiger partial charge in [0.05, 0.1) is 35.5 Å². The van der Waals surface area contributed by atoms with Gasteiger partial charge in [-0.15, -0.1) is 0 Å². The standard InChI is InChI=1S/C24H20F3N5O/c1-30-23(14-8-18(25)21(27)19(26)9-14)17-10-15-3-2-4-20(22(17)29-30)32(15)24(33)13-5-6-31-12-28-11-16(31)7-13/h5-9,11-12,15,20H,2-4,10H2,1H3/t15?,20-/m0/s1. The van der Waals surface area contributed by atoms with Crippen LogP contribution in [-0.2, 0) is 13.5 Å². The van der Waals surface area contributed by atoms with Gasteiger partial charge in [-0.3, -0.25) is 9.48 Å². The predicted molar refractivity (Wildman–Crippen MR) is 114 cm³/mol. The van der Waals surface area contributed by atoms with E-state index in [1.165, 1.54) is 0 Å². The van der Waals surface area contributed by atoms with Crippen molar-refractivity contribution in [2.45, 2.75) is 37.8 Å². The Kier molecular flexibility index (Phi) is 4.36. The Balaban J connectivity index is 1.43. The van der Waals surface area contributed by atoms with Crippen molar-refractivity contribution in [3.63, 3.8) is 0 Å². The van der Waals surface area contributed by atoms with Crippen LogP contribution in [0.3, 0.4) is 0 Å². The second kappa shape index (κ2) is 7.19. The third kappa shape index (κ3) is 2.98. The number of nitrogens with zero attached hydrogens (tertiary/aromatic N) is 5. The molecule has 9 heteroatoms. The molecular weight excluding hydrogens is 431 g/mol. The quantitative estimate of drug-likeness (QED) is 0.424. The van der Waals surface area contributed by atoms with Crippen LogP contribution in [0.5, 0.6) is 0 Å². The van der Waals surface area contributed by atoms with Crippen molar-refractivity contribution in [1.29, 1.82) is 0 Å². The Labute approximate surface area is 187 Å². The highest BCUT2D eigenvalue weighted by molar-refractivity contribution is 5.96. The van der Waals surface area contributed by atoms with E-state index in [-0.39, 0.29) is 23.6 Å². The van der Waals surface area contributed by atoms with Crippen molar-refractivity contribution >= 4 is 11.4 Å². The Bertz CT molecular complexity index is 1400. The van der Waals surface area contributed by atoms with Gasteiger partial charge in [0.1, 0.15) is 0 Å². The number of hydrogen-bond acceptors (Lipinski definition) is 3. The normalized spacial score (nSPS) is 19.7. The molecule has 0 radical (unpaired) electrons. The summed E-state index contributed by atoms with van der Waals surface area (Å²) in [5.74, 6) is -4.02. The van der Waals surface area contributed by atoms with Gasteiger partial charge in [0.2, 0.25) is 0 Å². The van der Waals surface area contributed by atoms with Gasteiger partial charge in [0, 0.05) is 36.0 Å². The summed E-state index contributed by atoms with van der Waals surface area (Å²) in [6.07, 6.45) is 8.28. The SMILES string of the molecule is Cn1nc2c(c1-c1cc(F)c(F)c(F)c1)CC1CCC[C@@H]2N1C(=O)c1ccn2cncc2c1. The number of piperidine rings is 1. The lowest BCUT2D eigenvalue weighted by Gasteiger charge is -2.45. The first-order chi connectivity index (χ1) is 15.9. The Morgan fingerprint density at radius 2 is 1.91 bits per heavy atom. The van der Waals surface area contributed by atoms with Crippen molar-refractivity contribution in [2.24, 2.45) is 7.05 Å². The number of carbonyl (C=O) groups excluding carboxylic acids is 1. The number of imidazole rings is 1. The van der Waals surface area contributed by atoms with E-state index < -0.39 is 17.5 Å². The molecule has 1 fully saturated rings. The zero-order valence-electron chi connectivity index (χ0n) is 17.8. The Hall–Kier alpha value is -3.62. The van der Waals surface area contributed by atoms with Crippen LogP contribution in [0, 0.1) is 17.5 Å². The zero-order chi connectivity index (χ0) is 22.9. The fourth-order valence-corrected chi connectivity index (χ4v) is 5.40. The minimum Gasteiger partial charge on any atom is -0.327 e. The van der Waals surface area contributed by atoms with Crippen molar-refractivity contribution < 1.29 is 18.0 Å². The predicted octanol–water partition coefficient (Wildman–Crippen LogP) is 4.44. The van der Waals surface area contributed by atoms with E-state index in [1.54, 1.807) is 30.3 Å². The molecule has 33 heavy (non-hydrogen) atoms. The number of fused-ring (bicyclic) bond motifs is 5. The maximum absolute atomic E-state index is 14.0. The van der Waals surface area contributed by atoms with E-state index in [1.807, 2.05) is 21.6 Å². The Morgan fingerprint density at radius 1 is 1.12 bits per heavy atom. The maximum atomic E-state index is 14.0. The van der Waals surface area contributed by atoms with Crippen molar-refractivity contribution in [2.75, 3.05) is 0 Å². The minimum absolute atomic E-state index is 0.0528. The zero-order valence-corrected chi connectivity index (χ0v) is 17.8. The van der Waals surface area contributed by atoms with Crippen LogP contribution >= 0.6 is 0 Å². The summed E-state index contributed by atoms with van der Waals surface area (Å²) in [6.45, 7) is 0. The smallest absolute Gasteiger partial charge is 0.254 e. The van der Waals surface area contributed by atoms with Gasteiger partial charge in [0.25, 0.3) is 5.91 Å². The number of aromatic nitrogens is 4. The van der Waals surface area contributed by atoms with Crippen LogP contribution in [0.15, 0.2) is 43.0 Å². The fraction of sp³-hybridized carbons (Fsp3) is 0.292. The van der Waals surface area contributed by atoms with Crippen LogP contribution in [0.2, 0.25) is 0 Å². The number of aryl methyl sites for hydroxylation is 1. The average Bonchev–Trinajstić information content (AvgIpc) is 3.39. The van der Waals surface area contributed by atoms with Crippen LogP contribution in [0.25, 0.3) is 16.8 Å². The molecule has 0 spiro atoms. The van der Waals surface area contributed by atoms with Gasteiger partial charge in [-0.05, 0) is 49.9 Å². The lowest BCUT2D eigenvalue weighted by atomic mass is 9.81. The van der Waals surface area contributed by atoms with Crippen LogP contribution < -0.4 is 0 Å². The lowest BCUT2D eigenvalue weighted by molar-refractivity contribution is 0.0392. The van der Waals surface area contributed by atoms with Crippen molar-refractivity contribution in [3.05, 3.63) is 77.3 Å². The minimum atomic E-state index is -1.49. The molecule has 2 bridgehead atoms. The van der Waals surface area contributed by atoms with Gasteiger partial charge < -0.3 is 9.30 Å². The molecule has 4 aromatic rings. The number of rotatable bonds is 2. The number of pyridine rings is 1. The molecule has 2 aliphatic rings. The molecule has 1 amide bonds. The first kappa shape index (κ1) is 20.0. The second-order valence-electron chi connectivity index (χ2n) is 8.75. The van der Waals surface area contributed by atoms with Crippen LogP contribution in [-0.4, -0.2) is 36.0 Å². The van der Waals surface area contributed by atoms with Crippen LogP contribution in [0.1, 0.15) is 46.9 Å². The van der Waals surface area contributed by atoms with Gasteiger partial charge in [0.15, 0.2) is 17.5 Å². The molecule has 0 saturated carbocycles. The first-order valence-electron chi connectivity index (χ1n) is 10.9. The second-order valence-corrected chi connectivity index (χ2v) is 8.75. The summed E-state index contributed by atoms with van der Waals surface area (Å²) < 4.78 is 44.9. The van der Waals surface area contributed by atoms with Crippen LogP contribution in [0.4, 0.5) is 13.2 Å². The molecule has 6 nitrogen and oxygen atoms in total.